The van der Waals surface area contributed by atoms with E-state index in [-0.39, 0.29) is 5.56 Å². The number of aromatic carboxylic acids is 1. The smallest absolute Gasteiger partial charge is 0.338 e. The van der Waals surface area contributed by atoms with E-state index in [0.717, 1.165) is 0 Å². The summed E-state index contributed by atoms with van der Waals surface area (Å²) in [6.07, 6.45) is 3.12. The Kier molecular flexibility index (Phi) is 2.21. The fraction of sp³-hybridized carbons (Fsp3) is 0.100. The van der Waals surface area contributed by atoms with Gasteiger partial charge in [-0.15, -0.1) is 5.10 Å². The third-order valence-corrected chi connectivity index (χ3v) is 2.13. The Morgan fingerprint density at radius 1 is 1.47 bits per heavy atom. The monoisotopic (exact) mass is 203 g/mol. The van der Waals surface area contributed by atoms with E-state index < -0.39 is 5.97 Å². The molecule has 0 amide bonds. The first-order chi connectivity index (χ1) is 7.20. The fourth-order valence-corrected chi connectivity index (χ4v) is 1.46. The Morgan fingerprint density at radius 3 is 2.87 bits per heavy atom. The van der Waals surface area contributed by atoms with Crippen molar-refractivity contribution in [2.45, 2.75) is 6.92 Å². The molecule has 0 spiro atoms. The summed E-state index contributed by atoms with van der Waals surface area (Å²) in [5, 5.41) is 16.5. The van der Waals surface area contributed by atoms with Crippen molar-refractivity contribution >= 4 is 5.97 Å². The van der Waals surface area contributed by atoms with Crippen molar-refractivity contribution in [2.24, 2.45) is 0 Å². The first-order valence-corrected chi connectivity index (χ1v) is 4.40. The maximum absolute atomic E-state index is 11.1. The van der Waals surface area contributed by atoms with Crippen LogP contribution in [0.15, 0.2) is 30.6 Å². The number of nitrogens with zero attached hydrogens (tertiary/aromatic N) is 3. The molecule has 0 radical (unpaired) electrons. The van der Waals surface area contributed by atoms with Crippen molar-refractivity contribution < 1.29 is 9.90 Å². The molecular formula is C10H9N3O2. The van der Waals surface area contributed by atoms with Gasteiger partial charge in [-0.1, -0.05) is 17.3 Å². The molecule has 5 nitrogen and oxygen atoms in total. The first-order valence-electron chi connectivity index (χ1n) is 4.40. The molecule has 15 heavy (non-hydrogen) atoms. The second-order valence-electron chi connectivity index (χ2n) is 3.12. The average Bonchev–Trinajstić information content (AvgIpc) is 2.69. The molecular weight excluding hydrogens is 194 g/mol. The van der Waals surface area contributed by atoms with E-state index in [1.807, 2.05) is 0 Å². The Balaban J connectivity index is 2.66. The summed E-state index contributed by atoms with van der Waals surface area (Å²) in [5.41, 5.74) is 1.48. The summed E-state index contributed by atoms with van der Waals surface area (Å²) >= 11 is 0. The summed E-state index contributed by atoms with van der Waals surface area (Å²) in [6, 6.07) is 5.24. The Hall–Kier alpha value is -2.17. The van der Waals surface area contributed by atoms with Crippen LogP contribution in [-0.4, -0.2) is 26.1 Å². The van der Waals surface area contributed by atoms with E-state index in [9.17, 15) is 4.79 Å². The van der Waals surface area contributed by atoms with Crippen LogP contribution < -0.4 is 0 Å². The zero-order valence-electron chi connectivity index (χ0n) is 8.08. The number of aryl methyl sites for hydroxylation is 1. The van der Waals surface area contributed by atoms with Gasteiger partial charge in [0, 0.05) is 0 Å². The molecule has 1 aromatic heterocycles. The molecule has 76 valence electrons. The zero-order valence-corrected chi connectivity index (χ0v) is 8.08. The highest BCUT2D eigenvalue weighted by atomic mass is 16.4. The molecule has 0 atom stereocenters. The number of carbonyl (C=O) groups is 1. The minimum atomic E-state index is -0.960. The molecule has 0 aliphatic heterocycles. The Morgan fingerprint density at radius 2 is 2.27 bits per heavy atom. The van der Waals surface area contributed by atoms with Gasteiger partial charge in [-0.05, 0) is 18.6 Å². The van der Waals surface area contributed by atoms with E-state index in [1.165, 1.54) is 10.9 Å². The molecule has 2 aromatic rings. The second kappa shape index (κ2) is 3.53. The van der Waals surface area contributed by atoms with Gasteiger partial charge in [0.1, 0.15) is 0 Å². The highest BCUT2D eigenvalue weighted by Gasteiger charge is 2.14. The van der Waals surface area contributed by atoms with Crippen LogP contribution in [0.3, 0.4) is 0 Å². The summed E-state index contributed by atoms with van der Waals surface area (Å²) in [7, 11) is 0. The van der Waals surface area contributed by atoms with Crippen molar-refractivity contribution in [3.8, 4) is 5.69 Å². The van der Waals surface area contributed by atoms with Crippen molar-refractivity contribution in [1.29, 1.82) is 0 Å². The number of carboxylic acids is 1. The van der Waals surface area contributed by atoms with Gasteiger partial charge in [0.15, 0.2) is 0 Å². The van der Waals surface area contributed by atoms with E-state index in [2.05, 4.69) is 10.3 Å². The van der Waals surface area contributed by atoms with E-state index >= 15 is 0 Å². The third kappa shape index (κ3) is 1.59. The molecule has 0 saturated carbocycles. The number of hydrogen-bond donors (Lipinski definition) is 1. The summed E-state index contributed by atoms with van der Waals surface area (Å²) in [5.74, 6) is -0.960. The predicted molar refractivity (Wildman–Crippen MR) is 53.1 cm³/mol. The number of hydrogen-bond acceptors (Lipinski definition) is 3. The highest BCUT2D eigenvalue weighted by molar-refractivity contribution is 5.93. The number of benzene rings is 1. The van der Waals surface area contributed by atoms with Gasteiger partial charge >= 0.3 is 5.97 Å². The van der Waals surface area contributed by atoms with Crippen LogP contribution in [0.1, 0.15) is 15.9 Å². The SMILES string of the molecule is Cc1cccc(-n2ccnn2)c1C(=O)O. The van der Waals surface area contributed by atoms with Gasteiger partial charge in [0.05, 0.1) is 23.6 Å². The van der Waals surface area contributed by atoms with Gasteiger partial charge in [0.25, 0.3) is 0 Å². The topological polar surface area (TPSA) is 68.0 Å². The van der Waals surface area contributed by atoms with Gasteiger partial charge < -0.3 is 5.11 Å². The molecule has 0 fully saturated rings. The van der Waals surface area contributed by atoms with Crippen molar-refractivity contribution in [1.82, 2.24) is 15.0 Å². The van der Waals surface area contributed by atoms with Crippen LogP contribution in [0.4, 0.5) is 0 Å². The van der Waals surface area contributed by atoms with Gasteiger partial charge in [-0.25, -0.2) is 9.48 Å². The molecule has 5 heteroatoms. The fourth-order valence-electron chi connectivity index (χ4n) is 1.46. The number of carboxylic acid groups (broad SMARTS) is 1. The maximum atomic E-state index is 11.1. The van der Waals surface area contributed by atoms with Gasteiger partial charge in [0.2, 0.25) is 0 Å². The molecule has 0 bridgehead atoms. The molecule has 1 N–H and O–H groups in total. The zero-order chi connectivity index (χ0) is 10.8. The van der Waals surface area contributed by atoms with Crippen molar-refractivity contribution in [3.63, 3.8) is 0 Å². The molecule has 1 heterocycles. The van der Waals surface area contributed by atoms with Crippen molar-refractivity contribution in [3.05, 3.63) is 41.7 Å². The van der Waals surface area contributed by atoms with E-state index in [4.69, 9.17) is 5.11 Å². The highest BCUT2D eigenvalue weighted by Crippen LogP contribution is 2.17. The molecule has 0 saturated heterocycles. The molecule has 0 aliphatic rings. The Bertz CT molecular complexity index is 491. The van der Waals surface area contributed by atoms with Crippen molar-refractivity contribution in [2.75, 3.05) is 0 Å². The lowest BCUT2D eigenvalue weighted by molar-refractivity contribution is 0.0696. The number of rotatable bonds is 2. The summed E-state index contributed by atoms with van der Waals surface area (Å²) in [4.78, 5) is 11.1. The quantitative estimate of drug-likeness (QED) is 0.798. The first kappa shape index (κ1) is 9.39. The second-order valence-corrected chi connectivity index (χ2v) is 3.12. The van der Waals surface area contributed by atoms with E-state index in [1.54, 1.807) is 31.3 Å². The summed E-state index contributed by atoms with van der Waals surface area (Å²) < 4.78 is 1.44. The molecule has 2 rings (SSSR count). The van der Waals surface area contributed by atoms with E-state index in [0.29, 0.717) is 11.3 Å². The van der Waals surface area contributed by atoms with Crippen LogP contribution in [0.5, 0.6) is 0 Å². The largest absolute Gasteiger partial charge is 0.478 e. The van der Waals surface area contributed by atoms with Gasteiger partial charge in [-0.2, -0.15) is 0 Å². The third-order valence-electron chi connectivity index (χ3n) is 2.13. The lowest BCUT2D eigenvalue weighted by Gasteiger charge is -2.07. The lowest BCUT2D eigenvalue weighted by atomic mass is 10.1. The van der Waals surface area contributed by atoms with Gasteiger partial charge in [-0.3, -0.25) is 0 Å². The normalized spacial score (nSPS) is 10.2. The minimum absolute atomic E-state index is 0.253. The summed E-state index contributed by atoms with van der Waals surface area (Å²) in [6.45, 7) is 1.75. The van der Waals surface area contributed by atoms with Crippen LogP contribution in [0, 0.1) is 6.92 Å². The minimum Gasteiger partial charge on any atom is -0.478 e. The predicted octanol–water partition coefficient (Wildman–Crippen LogP) is 1.27. The molecule has 0 unspecified atom stereocenters. The van der Waals surface area contributed by atoms with Crippen LogP contribution in [-0.2, 0) is 0 Å². The molecule has 1 aromatic carbocycles. The standard InChI is InChI=1S/C10H9N3O2/c1-7-3-2-4-8(9(7)10(14)15)13-6-5-11-12-13/h2-6H,1H3,(H,14,15). The van der Waals surface area contributed by atoms with Crippen LogP contribution in [0.25, 0.3) is 5.69 Å². The van der Waals surface area contributed by atoms with Crippen LogP contribution in [0.2, 0.25) is 0 Å². The number of aromatic nitrogens is 3. The van der Waals surface area contributed by atoms with Crippen LogP contribution >= 0.6 is 0 Å². The maximum Gasteiger partial charge on any atom is 0.338 e. The Labute approximate surface area is 86.0 Å². The average molecular weight is 203 g/mol. The lowest BCUT2D eigenvalue weighted by Crippen LogP contribution is -2.08. The molecule has 0 aliphatic carbocycles.